The Kier molecular flexibility index (Phi) is 3.95. The van der Waals surface area contributed by atoms with E-state index in [0.29, 0.717) is 12.4 Å². The van der Waals surface area contributed by atoms with Gasteiger partial charge >= 0.3 is 0 Å². The number of fused-ring (bicyclic) bond motifs is 2. The van der Waals surface area contributed by atoms with Gasteiger partial charge in [-0.25, -0.2) is 0 Å². The fraction of sp³-hybridized carbons (Fsp3) is 0.438. The van der Waals surface area contributed by atoms with Crippen LogP contribution in [-0.2, 0) is 17.8 Å². The van der Waals surface area contributed by atoms with E-state index in [1.165, 1.54) is 15.7 Å². The first kappa shape index (κ1) is 17.2. The lowest BCUT2D eigenvalue weighted by Gasteiger charge is -2.33. The summed E-state index contributed by atoms with van der Waals surface area (Å²) in [7, 11) is 0. The molecular formula is C16H17N5O6. The third kappa shape index (κ3) is 2.76. The SMILES string of the molecule is Cc1noc(CNC(=O)c2cn3c(c(O)c2=O)C(=O)N2[C@@H](C)CO[C@@H]2C3)n1. The van der Waals surface area contributed by atoms with E-state index in [4.69, 9.17) is 9.26 Å². The Morgan fingerprint density at radius 1 is 1.44 bits per heavy atom. The van der Waals surface area contributed by atoms with Crippen molar-refractivity contribution < 1.29 is 24.0 Å². The lowest BCUT2D eigenvalue weighted by Crippen LogP contribution is -2.49. The molecule has 11 nitrogen and oxygen atoms in total. The number of ether oxygens (including phenoxy) is 1. The maximum atomic E-state index is 12.7. The standard InChI is InChI=1S/C16H17N5O6/c1-7-6-26-11-5-20-4-9(13(22)14(23)12(20)16(25)21(7)11)15(24)17-3-10-18-8(2)19-27-10/h4,7,11,23H,3,5-6H2,1-2H3,(H,17,24)/t7-,11+/m0/s1. The number of pyridine rings is 1. The van der Waals surface area contributed by atoms with Crippen molar-refractivity contribution >= 4 is 11.8 Å². The zero-order valence-corrected chi connectivity index (χ0v) is 14.6. The van der Waals surface area contributed by atoms with Crippen molar-refractivity contribution in [1.82, 2.24) is 24.9 Å². The van der Waals surface area contributed by atoms with E-state index in [1.54, 1.807) is 6.92 Å². The van der Waals surface area contributed by atoms with Crippen molar-refractivity contribution in [2.24, 2.45) is 0 Å². The van der Waals surface area contributed by atoms with Gasteiger partial charge in [-0.15, -0.1) is 0 Å². The topological polar surface area (TPSA) is 140 Å². The van der Waals surface area contributed by atoms with Gasteiger partial charge in [-0.2, -0.15) is 4.98 Å². The summed E-state index contributed by atoms with van der Waals surface area (Å²) in [5.41, 5.74) is -1.35. The van der Waals surface area contributed by atoms with Crippen LogP contribution >= 0.6 is 0 Å². The highest BCUT2D eigenvalue weighted by Crippen LogP contribution is 2.29. The summed E-state index contributed by atoms with van der Waals surface area (Å²) in [5, 5.41) is 16.4. The van der Waals surface area contributed by atoms with Crippen LogP contribution in [-0.4, -0.2) is 55.4 Å². The van der Waals surface area contributed by atoms with Gasteiger partial charge in [0.15, 0.2) is 23.5 Å². The molecule has 4 rings (SSSR count). The number of carbonyl (C=O) groups excluding carboxylic acids is 2. The molecule has 0 aromatic carbocycles. The summed E-state index contributed by atoms with van der Waals surface area (Å²) in [5.74, 6) is -1.38. The molecule has 2 aromatic rings. The number of aryl methyl sites for hydroxylation is 1. The highest BCUT2D eigenvalue weighted by atomic mass is 16.5. The maximum absolute atomic E-state index is 12.7. The van der Waals surface area contributed by atoms with E-state index in [1.807, 2.05) is 6.92 Å². The molecule has 0 aliphatic carbocycles. The number of hydrogen-bond acceptors (Lipinski definition) is 8. The van der Waals surface area contributed by atoms with Crippen LogP contribution in [0.3, 0.4) is 0 Å². The smallest absolute Gasteiger partial charge is 0.276 e. The minimum absolute atomic E-state index is 0.0718. The van der Waals surface area contributed by atoms with Crippen LogP contribution in [0.1, 0.15) is 39.5 Å². The zero-order valence-electron chi connectivity index (χ0n) is 14.6. The number of nitrogens with zero attached hydrogens (tertiary/aromatic N) is 4. The van der Waals surface area contributed by atoms with Crippen LogP contribution in [0, 0.1) is 6.92 Å². The third-order valence-electron chi connectivity index (χ3n) is 4.58. The van der Waals surface area contributed by atoms with Crippen molar-refractivity contribution in [3.05, 3.63) is 39.4 Å². The molecule has 0 saturated carbocycles. The number of amides is 2. The van der Waals surface area contributed by atoms with E-state index in [9.17, 15) is 19.5 Å². The minimum Gasteiger partial charge on any atom is -0.503 e. The van der Waals surface area contributed by atoms with Gasteiger partial charge in [-0.1, -0.05) is 5.16 Å². The van der Waals surface area contributed by atoms with Gasteiger partial charge in [0.05, 0.1) is 25.7 Å². The van der Waals surface area contributed by atoms with Gasteiger partial charge in [0.25, 0.3) is 11.8 Å². The molecule has 0 bridgehead atoms. The van der Waals surface area contributed by atoms with Crippen LogP contribution < -0.4 is 10.7 Å². The quantitative estimate of drug-likeness (QED) is 0.723. The first-order valence-corrected chi connectivity index (χ1v) is 8.35. The summed E-state index contributed by atoms with van der Waals surface area (Å²) in [4.78, 5) is 42.9. The molecule has 0 spiro atoms. The lowest BCUT2D eigenvalue weighted by molar-refractivity contribution is 0.00624. The molecular weight excluding hydrogens is 358 g/mol. The first-order chi connectivity index (χ1) is 12.9. The second-order valence-electron chi connectivity index (χ2n) is 6.49. The van der Waals surface area contributed by atoms with Crippen LogP contribution in [0.4, 0.5) is 0 Å². The largest absolute Gasteiger partial charge is 0.503 e. The molecule has 2 aromatic heterocycles. The molecule has 2 amide bonds. The van der Waals surface area contributed by atoms with Crippen molar-refractivity contribution in [2.45, 2.75) is 39.2 Å². The Labute approximate surface area is 152 Å². The second-order valence-corrected chi connectivity index (χ2v) is 6.49. The average molecular weight is 375 g/mol. The molecule has 1 saturated heterocycles. The van der Waals surface area contributed by atoms with Crippen LogP contribution in [0.2, 0.25) is 0 Å². The first-order valence-electron chi connectivity index (χ1n) is 8.35. The Bertz CT molecular complexity index is 996. The molecule has 2 aliphatic heterocycles. The molecule has 2 atom stereocenters. The van der Waals surface area contributed by atoms with Crippen LogP contribution in [0.15, 0.2) is 15.5 Å². The predicted molar refractivity (Wildman–Crippen MR) is 87.9 cm³/mol. The van der Waals surface area contributed by atoms with E-state index < -0.39 is 29.2 Å². The Balaban J connectivity index is 1.64. The van der Waals surface area contributed by atoms with Gasteiger partial charge in [0, 0.05) is 6.20 Å². The summed E-state index contributed by atoms with van der Waals surface area (Å²) >= 11 is 0. The molecule has 27 heavy (non-hydrogen) atoms. The number of nitrogens with one attached hydrogen (secondary N) is 1. The Morgan fingerprint density at radius 3 is 2.93 bits per heavy atom. The molecule has 1 fully saturated rings. The summed E-state index contributed by atoms with van der Waals surface area (Å²) < 4.78 is 11.8. The Morgan fingerprint density at radius 2 is 2.22 bits per heavy atom. The van der Waals surface area contributed by atoms with E-state index in [2.05, 4.69) is 15.5 Å². The number of rotatable bonds is 3. The average Bonchev–Trinajstić information content (AvgIpc) is 3.21. The van der Waals surface area contributed by atoms with Crippen molar-refractivity contribution in [3.63, 3.8) is 0 Å². The summed E-state index contributed by atoms with van der Waals surface area (Å²) in [6, 6.07) is -0.161. The van der Waals surface area contributed by atoms with Crippen LogP contribution in [0.25, 0.3) is 0 Å². The Hall–Kier alpha value is -3.21. The molecule has 4 heterocycles. The number of hydrogen-bond donors (Lipinski definition) is 2. The van der Waals surface area contributed by atoms with E-state index in [0.717, 1.165) is 0 Å². The van der Waals surface area contributed by atoms with Crippen LogP contribution in [0.5, 0.6) is 5.75 Å². The monoisotopic (exact) mass is 375 g/mol. The molecule has 0 radical (unpaired) electrons. The number of aromatic nitrogens is 3. The normalized spacial score (nSPS) is 21.1. The molecule has 0 unspecified atom stereocenters. The number of aromatic hydroxyl groups is 1. The predicted octanol–water partition coefficient (Wildman–Crippen LogP) is -0.624. The third-order valence-corrected chi connectivity index (χ3v) is 4.58. The van der Waals surface area contributed by atoms with Crippen molar-refractivity contribution in [1.29, 1.82) is 0 Å². The maximum Gasteiger partial charge on any atom is 0.276 e. The zero-order chi connectivity index (χ0) is 19.3. The lowest BCUT2D eigenvalue weighted by atomic mass is 10.1. The molecule has 142 valence electrons. The molecule has 2 aliphatic rings. The molecule has 2 N–H and O–H groups in total. The van der Waals surface area contributed by atoms with Gasteiger partial charge < -0.3 is 29.2 Å². The van der Waals surface area contributed by atoms with Gasteiger partial charge in [-0.3, -0.25) is 14.4 Å². The fourth-order valence-electron chi connectivity index (χ4n) is 3.30. The van der Waals surface area contributed by atoms with Gasteiger partial charge in [0.1, 0.15) is 5.56 Å². The summed E-state index contributed by atoms with van der Waals surface area (Å²) in [6.45, 7) is 3.96. The van der Waals surface area contributed by atoms with Crippen molar-refractivity contribution in [2.75, 3.05) is 6.61 Å². The van der Waals surface area contributed by atoms with Gasteiger partial charge in [0.2, 0.25) is 11.3 Å². The van der Waals surface area contributed by atoms with Gasteiger partial charge in [-0.05, 0) is 13.8 Å². The highest BCUT2D eigenvalue weighted by molar-refractivity contribution is 5.99. The van der Waals surface area contributed by atoms with E-state index >= 15 is 0 Å². The highest BCUT2D eigenvalue weighted by Gasteiger charge is 2.42. The minimum atomic E-state index is -0.917. The fourth-order valence-corrected chi connectivity index (χ4v) is 3.30. The number of carbonyl (C=O) groups is 2. The van der Waals surface area contributed by atoms with E-state index in [-0.39, 0.29) is 36.3 Å². The van der Waals surface area contributed by atoms with Crippen molar-refractivity contribution in [3.8, 4) is 5.75 Å². The second kappa shape index (κ2) is 6.20. The summed E-state index contributed by atoms with van der Waals surface area (Å²) in [6.07, 6.45) is 0.757. The molecule has 11 heteroatoms.